The highest BCUT2D eigenvalue weighted by Crippen LogP contribution is 2.18. The number of benzene rings is 1. The number of urea groups is 1. The number of hydrogen-bond donors (Lipinski definition) is 3. The maximum Gasteiger partial charge on any atom is 0.339 e. The Balaban J connectivity index is 1.61. The van der Waals surface area contributed by atoms with Gasteiger partial charge in [-0.2, -0.15) is 0 Å². The molecule has 3 amide bonds. The normalized spacial score (nSPS) is 10.0. The van der Waals surface area contributed by atoms with Crippen LogP contribution in [0.2, 0.25) is 0 Å². The van der Waals surface area contributed by atoms with Crippen LogP contribution in [0.15, 0.2) is 40.7 Å². The summed E-state index contributed by atoms with van der Waals surface area (Å²) in [4.78, 5) is 27.7. The molecule has 2 rings (SSSR count). The summed E-state index contributed by atoms with van der Waals surface area (Å²) in [5.41, 5.74) is 4.53. The Morgan fingerprint density at radius 2 is 2.00 bits per heavy atom. The number of nitrogens with one attached hydrogen (secondary N) is 3. The minimum atomic E-state index is -0.561. The zero-order chi connectivity index (χ0) is 15.8. The molecule has 1 aromatic heterocycles. The molecule has 22 heavy (non-hydrogen) atoms. The second kappa shape index (κ2) is 8.35. The Morgan fingerprint density at radius 1 is 1.23 bits per heavy atom. The van der Waals surface area contributed by atoms with Gasteiger partial charge in [-0.15, -0.1) is 23.1 Å². The van der Waals surface area contributed by atoms with E-state index in [4.69, 9.17) is 0 Å². The first-order valence-corrected chi connectivity index (χ1v) is 8.14. The number of rotatable bonds is 5. The molecule has 3 N–H and O–H groups in total. The van der Waals surface area contributed by atoms with Gasteiger partial charge in [0.1, 0.15) is 5.82 Å². The highest BCUT2D eigenvalue weighted by atomic mass is 32.2. The maximum absolute atomic E-state index is 12.7. The van der Waals surface area contributed by atoms with Crippen LogP contribution in [-0.4, -0.2) is 22.7 Å². The summed E-state index contributed by atoms with van der Waals surface area (Å²) in [6.07, 6.45) is 1.78. The Hall–Kier alpha value is -2.13. The molecule has 1 aromatic carbocycles. The molecule has 0 fully saturated rings. The van der Waals surface area contributed by atoms with E-state index >= 15 is 0 Å². The maximum atomic E-state index is 12.7. The summed E-state index contributed by atoms with van der Waals surface area (Å²) in [6, 6.07) is 5.48. The van der Waals surface area contributed by atoms with Crippen LogP contribution in [0, 0.1) is 5.82 Å². The van der Waals surface area contributed by atoms with Crippen LogP contribution in [0.1, 0.15) is 6.42 Å². The third-order valence-corrected chi connectivity index (χ3v) is 4.08. The van der Waals surface area contributed by atoms with Crippen molar-refractivity contribution < 1.29 is 14.0 Å². The first kappa shape index (κ1) is 16.2. The zero-order valence-electron chi connectivity index (χ0n) is 11.3. The van der Waals surface area contributed by atoms with Crippen molar-refractivity contribution in [3.63, 3.8) is 0 Å². The SMILES string of the molecule is O=C(CCSc1ccc(F)cc1)NNC(=O)Nc1nccs1. The molecule has 0 radical (unpaired) electrons. The molecular weight excluding hydrogens is 327 g/mol. The second-order valence-corrected chi connectivity index (χ2v) is 6.08. The number of hydrogen-bond acceptors (Lipinski definition) is 5. The van der Waals surface area contributed by atoms with E-state index < -0.39 is 6.03 Å². The Kier molecular flexibility index (Phi) is 6.16. The zero-order valence-corrected chi connectivity index (χ0v) is 13.0. The van der Waals surface area contributed by atoms with Crippen molar-refractivity contribution in [3.8, 4) is 0 Å². The fourth-order valence-corrected chi connectivity index (χ4v) is 2.77. The molecule has 6 nitrogen and oxygen atoms in total. The van der Waals surface area contributed by atoms with Gasteiger partial charge in [0.05, 0.1) is 0 Å². The van der Waals surface area contributed by atoms with E-state index in [0.29, 0.717) is 10.9 Å². The molecule has 9 heteroatoms. The molecule has 0 atom stereocenters. The summed E-state index contributed by atoms with van der Waals surface area (Å²) in [6.45, 7) is 0. The minimum Gasteiger partial charge on any atom is -0.282 e. The van der Waals surface area contributed by atoms with Gasteiger partial charge in [-0.25, -0.2) is 19.6 Å². The number of hydrazine groups is 1. The van der Waals surface area contributed by atoms with E-state index in [0.717, 1.165) is 4.90 Å². The summed E-state index contributed by atoms with van der Waals surface area (Å²) in [5.74, 6) is -0.0887. The fraction of sp³-hybridized carbons (Fsp3) is 0.154. The first-order valence-electron chi connectivity index (χ1n) is 6.27. The fourth-order valence-electron chi connectivity index (χ4n) is 1.39. The van der Waals surface area contributed by atoms with Gasteiger partial charge in [-0.1, -0.05) is 0 Å². The highest BCUT2D eigenvalue weighted by Gasteiger charge is 2.06. The third-order valence-electron chi connectivity index (χ3n) is 2.38. The van der Waals surface area contributed by atoms with E-state index in [1.807, 2.05) is 0 Å². The van der Waals surface area contributed by atoms with E-state index in [2.05, 4.69) is 21.2 Å². The standard InChI is InChI=1S/C13H13FN4O2S2/c14-9-1-3-10(4-2-9)21-7-5-11(19)17-18-12(20)16-13-15-6-8-22-13/h1-4,6,8H,5,7H2,(H,17,19)(H2,15,16,18,20). The van der Waals surface area contributed by atoms with E-state index in [-0.39, 0.29) is 18.1 Å². The minimum absolute atomic E-state index is 0.222. The van der Waals surface area contributed by atoms with Crippen molar-refractivity contribution in [2.24, 2.45) is 0 Å². The molecule has 2 aromatic rings. The summed E-state index contributed by atoms with van der Waals surface area (Å²) < 4.78 is 12.7. The van der Waals surface area contributed by atoms with Crippen LogP contribution in [0.3, 0.4) is 0 Å². The number of thioether (sulfide) groups is 1. The number of halogens is 1. The molecule has 0 saturated heterocycles. The number of carbonyl (C=O) groups is 2. The van der Waals surface area contributed by atoms with Gasteiger partial charge in [0.15, 0.2) is 5.13 Å². The van der Waals surface area contributed by atoms with Crippen molar-refractivity contribution in [1.82, 2.24) is 15.8 Å². The van der Waals surface area contributed by atoms with Gasteiger partial charge in [0.2, 0.25) is 5.91 Å². The molecule has 0 aliphatic carbocycles. The van der Waals surface area contributed by atoms with Crippen LogP contribution >= 0.6 is 23.1 Å². The Labute approximate surface area is 134 Å². The lowest BCUT2D eigenvalue weighted by atomic mass is 10.4. The molecular formula is C13H13FN4O2S2. The van der Waals surface area contributed by atoms with Crippen LogP contribution in [0.25, 0.3) is 0 Å². The topological polar surface area (TPSA) is 83.1 Å². The lowest BCUT2D eigenvalue weighted by molar-refractivity contribution is -0.121. The second-order valence-electron chi connectivity index (χ2n) is 4.02. The van der Waals surface area contributed by atoms with Crippen LogP contribution in [0.5, 0.6) is 0 Å². The molecule has 0 unspecified atom stereocenters. The molecule has 1 heterocycles. The van der Waals surface area contributed by atoms with Gasteiger partial charge in [0.25, 0.3) is 0 Å². The first-order chi connectivity index (χ1) is 10.6. The Morgan fingerprint density at radius 3 is 2.68 bits per heavy atom. The van der Waals surface area contributed by atoms with Crippen LogP contribution < -0.4 is 16.2 Å². The molecule has 0 saturated carbocycles. The average Bonchev–Trinajstić information content (AvgIpc) is 3.00. The van der Waals surface area contributed by atoms with E-state index in [1.165, 1.54) is 35.2 Å². The molecule has 0 aliphatic rings. The van der Waals surface area contributed by atoms with E-state index in [9.17, 15) is 14.0 Å². The predicted octanol–water partition coefficient (Wildman–Crippen LogP) is 2.62. The van der Waals surface area contributed by atoms with Crippen molar-refractivity contribution in [2.75, 3.05) is 11.1 Å². The number of thiazole rings is 1. The van der Waals surface area contributed by atoms with Crippen molar-refractivity contribution in [3.05, 3.63) is 41.7 Å². The third kappa shape index (κ3) is 5.70. The Bertz CT molecular complexity index is 619. The van der Waals surface area contributed by atoms with Crippen LogP contribution in [-0.2, 0) is 4.79 Å². The lowest BCUT2D eigenvalue weighted by Crippen LogP contribution is -2.44. The van der Waals surface area contributed by atoms with Gasteiger partial charge in [-0.3, -0.25) is 15.5 Å². The van der Waals surface area contributed by atoms with Gasteiger partial charge in [-0.05, 0) is 24.3 Å². The van der Waals surface area contributed by atoms with Crippen molar-refractivity contribution >= 4 is 40.2 Å². The predicted molar refractivity (Wildman–Crippen MR) is 84.2 cm³/mol. The number of nitrogens with zero attached hydrogens (tertiary/aromatic N) is 1. The van der Waals surface area contributed by atoms with Crippen molar-refractivity contribution in [2.45, 2.75) is 11.3 Å². The van der Waals surface area contributed by atoms with Crippen LogP contribution in [0.4, 0.5) is 14.3 Å². The van der Waals surface area contributed by atoms with Gasteiger partial charge < -0.3 is 0 Å². The monoisotopic (exact) mass is 340 g/mol. The van der Waals surface area contributed by atoms with E-state index in [1.54, 1.807) is 23.7 Å². The summed E-state index contributed by atoms with van der Waals surface area (Å²) in [5, 5.41) is 4.63. The molecule has 116 valence electrons. The quantitative estimate of drug-likeness (QED) is 0.577. The summed E-state index contributed by atoms with van der Waals surface area (Å²) in [7, 11) is 0. The number of amides is 3. The smallest absolute Gasteiger partial charge is 0.282 e. The molecule has 0 aliphatic heterocycles. The average molecular weight is 340 g/mol. The van der Waals surface area contributed by atoms with Gasteiger partial charge in [0, 0.05) is 28.6 Å². The van der Waals surface area contributed by atoms with Gasteiger partial charge >= 0.3 is 6.03 Å². The number of anilines is 1. The number of aromatic nitrogens is 1. The largest absolute Gasteiger partial charge is 0.339 e. The molecule has 0 spiro atoms. The highest BCUT2D eigenvalue weighted by molar-refractivity contribution is 7.99. The lowest BCUT2D eigenvalue weighted by Gasteiger charge is -2.07. The number of carbonyl (C=O) groups excluding carboxylic acids is 2. The molecule has 0 bridgehead atoms. The summed E-state index contributed by atoms with van der Waals surface area (Å²) >= 11 is 2.70. The van der Waals surface area contributed by atoms with Crippen molar-refractivity contribution in [1.29, 1.82) is 0 Å².